The Morgan fingerprint density at radius 2 is 2.11 bits per heavy atom. The zero-order valence-corrected chi connectivity index (χ0v) is 11.5. The third kappa shape index (κ3) is 3.15. The lowest BCUT2D eigenvalue weighted by molar-refractivity contribution is -0.148. The Kier molecular flexibility index (Phi) is 4.99. The Morgan fingerprint density at radius 3 is 2.61 bits per heavy atom. The second kappa shape index (κ2) is 6.07. The number of urea groups is 1. The van der Waals surface area contributed by atoms with Crippen LogP contribution in [0.2, 0.25) is 0 Å². The minimum Gasteiger partial charge on any atom is -0.481 e. The molecule has 2 amide bonds. The molecular weight excluding hydrogens is 232 g/mol. The average Bonchev–Trinajstić information content (AvgIpc) is 2.75. The van der Waals surface area contributed by atoms with Gasteiger partial charge in [0.05, 0.1) is 5.41 Å². The number of carboxylic acid groups (broad SMARTS) is 1. The second-order valence-electron chi connectivity index (χ2n) is 5.27. The van der Waals surface area contributed by atoms with Crippen LogP contribution in [0.15, 0.2) is 0 Å². The predicted octanol–water partition coefficient (Wildman–Crippen LogP) is 2.07. The minimum atomic E-state index is -0.775. The van der Waals surface area contributed by atoms with E-state index in [0.29, 0.717) is 25.9 Å². The number of hydrogen-bond donors (Lipinski definition) is 2. The highest BCUT2D eigenvalue weighted by molar-refractivity contribution is 5.79. The van der Waals surface area contributed by atoms with E-state index in [2.05, 4.69) is 5.32 Å². The van der Waals surface area contributed by atoms with E-state index in [4.69, 9.17) is 0 Å². The van der Waals surface area contributed by atoms with E-state index in [0.717, 1.165) is 12.8 Å². The van der Waals surface area contributed by atoms with Gasteiger partial charge < -0.3 is 15.3 Å². The number of rotatable bonds is 5. The predicted molar refractivity (Wildman–Crippen MR) is 69.5 cm³/mol. The van der Waals surface area contributed by atoms with Crippen molar-refractivity contribution in [1.29, 1.82) is 0 Å². The van der Waals surface area contributed by atoms with Gasteiger partial charge in [-0.25, -0.2) is 4.79 Å². The molecule has 1 fully saturated rings. The van der Waals surface area contributed by atoms with Crippen molar-refractivity contribution in [2.75, 3.05) is 13.1 Å². The maximum Gasteiger partial charge on any atom is 0.317 e. The number of amides is 2. The topological polar surface area (TPSA) is 69.6 Å². The molecule has 1 aliphatic rings. The number of nitrogens with one attached hydrogen (secondary N) is 1. The first kappa shape index (κ1) is 14.8. The molecule has 0 bridgehead atoms. The van der Waals surface area contributed by atoms with Crippen LogP contribution in [0.25, 0.3) is 0 Å². The van der Waals surface area contributed by atoms with Gasteiger partial charge in [-0.3, -0.25) is 4.79 Å². The van der Waals surface area contributed by atoms with Gasteiger partial charge in [-0.1, -0.05) is 20.3 Å². The van der Waals surface area contributed by atoms with Crippen LogP contribution in [-0.4, -0.2) is 41.1 Å². The van der Waals surface area contributed by atoms with Crippen molar-refractivity contribution in [3.8, 4) is 0 Å². The summed E-state index contributed by atoms with van der Waals surface area (Å²) in [5.74, 6) is -0.775. The summed E-state index contributed by atoms with van der Waals surface area (Å²) < 4.78 is 0. The quantitative estimate of drug-likeness (QED) is 0.791. The zero-order chi connectivity index (χ0) is 13.8. The maximum atomic E-state index is 12.0. The van der Waals surface area contributed by atoms with Gasteiger partial charge in [0.25, 0.3) is 0 Å². The van der Waals surface area contributed by atoms with E-state index in [1.807, 2.05) is 20.8 Å². The molecule has 0 radical (unpaired) electrons. The van der Waals surface area contributed by atoms with Gasteiger partial charge in [-0.05, 0) is 26.2 Å². The highest BCUT2D eigenvalue weighted by Crippen LogP contribution is 2.35. The van der Waals surface area contributed by atoms with Crippen molar-refractivity contribution in [3.63, 3.8) is 0 Å². The summed E-state index contributed by atoms with van der Waals surface area (Å²) in [6.45, 7) is 6.80. The van der Waals surface area contributed by atoms with Crippen LogP contribution in [0.3, 0.4) is 0 Å². The molecule has 1 aliphatic heterocycles. The Bertz CT molecular complexity index is 319. The lowest BCUT2D eigenvalue weighted by Gasteiger charge is -2.25. The number of likely N-dealkylation sites (tertiary alicyclic amines) is 1. The Hall–Kier alpha value is -1.26. The molecule has 0 aromatic rings. The molecule has 0 saturated carbocycles. The van der Waals surface area contributed by atoms with Crippen LogP contribution in [0.1, 0.15) is 46.5 Å². The molecule has 0 spiro atoms. The molecule has 1 rings (SSSR count). The Balaban J connectivity index is 2.63. The minimum absolute atomic E-state index is 0.128. The zero-order valence-electron chi connectivity index (χ0n) is 11.5. The van der Waals surface area contributed by atoms with Crippen LogP contribution < -0.4 is 5.32 Å². The molecule has 0 aliphatic carbocycles. The first-order valence-electron chi connectivity index (χ1n) is 6.74. The fourth-order valence-electron chi connectivity index (χ4n) is 2.41. The first-order chi connectivity index (χ1) is 8.45. The number of nitrogens with zero attached hydrogens (tertiary/aromatic N) is 1. The van der Waals surface area contributed by atoms with E-state index in [9.17, 15) is 14.7 Å². The van der Waals surface area contributed by atoms with Gasteiger partial charge in [0, 0.05) is 19.1 Å². The molecule has 2 N–H and O–H groups in total. The fraction of sp³-hybridized carbons (Fsp3) is 0.846. The SMILES string of the molecule is CCCC1(C(=O)O)CCN(C(=O)NC(C)CC)C1. The Labute approximate surface area is 109 Å². The van der Waals surface area contributed by atoms with Crippen molar-refractivity contribution in [2.24, 2.45) is 5.41 Å². The van der Waals surface area contributed by atoms with Gasteiger partial charge in [0.2, 0.25) is 0 Å². The van der Waals surface area contributed by atoms with Crippen molar-refractivity contribution in [2.45, 2.75) is 52.5 Å². The fourth-order valence-corrected chi connectivity index (χ4v) is 2.41. The summed E-state index contributed by atoms with van der Waals surface area (Å²) in [6.07, 6.45) is 2.89. The van der Waals surface area contributed by atoms with Gasteiger partial charge in [0.15, 0.2) is 0 Å². The smallest absolute Gasteiger partial charge is 0.317 e. The molecule has 5 heteroatoms. The number of carbonyl (C=O) groups excluding carboxylic acids is 1. The third-order valence-electron chi connectivity index (χ3n) is 3.81. The van der Waals surface area contributed by atoms with Crippen LogP contribution >= 0.6 is 0 Å². The summed E-state index contributed by atoms with van der Waals surface area (Å²) in [5.41, 5.74) is -0.735. The molecule has 2 unspecified atom stereocenters. The molecular formula is C13H24N2O3. The number of hydrogen-bond acceptors (Lipinski definition) is 2. The van der Waals surface area contributed by atoms with Crippen LogP contribution in [0.5, 0.6) is 0 Å². The summed E-state index contributed by atoms with van der Waals surface area (Å²) in [7, 11) is 0. The van der Waals surface area contributed by atoms with Gasteiger partial charge >= 0.3 is 12.0 Å². The summed E-state index contributed by atoms with van der Waals surface area (Å²) in [5, 5.41) is 12.2. The highest BCUT2D eigenvalue weighted by atomic mass is 16.4. The largest absolute Gasteiger partial charge is 0.481 e. The molecule has 0 aromatic carbocycles. The maximum absolute atomic E-state index is 12.0. The van der Waals surface area contributed by atoms with E-state index in [1.165, 1.54) is 0 Å². The number of aliphatic carboxylic acids is 1. The Morgan fingerprint density at radius 1 is 1.44 bits per heavy atom. The highest BCUT2D eigenvalue weighted by Gasteiger charge is 2.45. The van der Waals surface area contributed by atoms with Crippen LogP contribution in [0, 0.1) is 5.41 Å². The number of carboxylic acids is 1. The first-order valence-corrected chi connectivity index (χ1v) is 6.74. The van der Waals surface area contributed by atoms with Crippen LogP contribution in [-0.2, 0) is 4.79 Å². The average molecular weight is 256 g/mol. The third-order valence-corrected chi connectivity index (χ3v) is 3.81. The van der Waals surface area contributed by atoms with E-state index < -0.39 is 11.4 Å². The molecule has 104 valence electrons. The molecule has 1 heterocycles. The molecule has 18 heavy (non-hydrogen) atoms. The standard InChI is InChI=1S/C13H24N2O3/c1-4-6-13(11(16)17)7-8-15(9-13)12(18)14-10(3)5-2/h10H,4-9H2,1-3H3,(H,14,18)(H,16,17). The molecule has 0 aromatic heterocycles. The molecule has 5 nitrogen and oxygen atoms in total. The van der Waals surface area contributed by atoms with Crippen molar-refractivity contribution in [1.82, 2.24) is 10.2 Å². The lowest BCUT2D eigenvalue weighted by Crippen LogP contribution is -2.44. The number of carbonyl (C=O) groups is 2. The summed E-state index contributed by atoms with van der Waals surface area (Å²) in [6, 6.07) is -0.00733. The van der Waals surface area contributed by atoms with Crippen molar-refractivity contribution < 1.29 is 14.7 Å². The van der Waals surface area contributed by atoms with Crippen LogP contribution in [0.4, 0.5) is 4.79 Å². The van der Waals surface area contributed by atoms with Crippen molar-refractivity contribution in [3.05, 3.63) is 0 Å². The monoisotopic (exact) mass is 256 g/mol. The second-order valence-corrected chi connectivity index (χ2v) is 5.27. The van der Waals surface area contributed by atoms with Gasteiger partial charge in [-0.15, -0.1) is 0 Å². The molecule has 1 saturated heterocycles. The van der Waals surface area contributed by atoms with E-state index in [-0.39, 0.29) is 12.1 Å². The van der Waals surface area contributed by atoms with E-state index >= 15 is 0 Å². The van der Waals surface area contributed by atoms with Crippen molar-refractivity contribution >= 4 is 12.0 Å². The molecule has 2 atom stereocenters. The normalized spacial score (nSPS) is 24.9. The summed E-state index contributed by atoms with van der Waals surface area (Å²) in [4.78, 5) is 25.0. The summed E-state index contributed by atoms with van der Waals surface area (Å²) >= 11 is 0. The van der Waals surface area contributed by atoms with E-state index in [1.54, 1.807) is 4.90 Å². The lowest BCUT2D eigenvalue weighted by atomic mass is 9.83. The van der Waals surface area contributed by atoms with Gasteiger partial charge in [-0.2, -0.15) is 0 Å². The van der Waals surface area contributed by atoms with Gasteiger partial charge in [0.1, 0.15) is 0 Å².